The molecule has 1 aromatic heterocycles. The van der Waals surface area contributed by atoms with E-state index in [-0.39, 0.29) is 6.03 Å². The molecule has 0 atom stereocenters. The molecule has 6 heteroatoms. The van der Waals surface area contributed by atoms with Gasteiger partial charge in [0.2, 0.25) is 0 Å². The summed E-state index contributed by atoms with van der Waals surface area (Å²) in [6.07, 6.45) is 1.68. The highest BCUT2D eigenvalue weighted by atomic mass is 79.9. The number of hydrogen-bond acceptors (Lipinski definition) is 3. The fourth-order valence-corrected chi connectivity index (χ4v) is 2.26. The van der Waals surface area contributed by atoms with Gasteiger partial charge in [-0.1, -0.05) is 34.1 Å². The van der Waals surface area contributed by atoms with Crippen LogP contribution in [0.25, 0.3) is 0 Å². The van der Waals surface area contributed by atoms with Crippen molar-refractivity contribution in [1.29, 1.82) is 0 Å². The largest absolute Gasteiger partial charge is 0.334 e. The number of urea groups is 1. The lowest BCUT2D eigenvalue weighted by Gasteiger charge is -2.10. The summed E-state index contributed by atoms with van der Waals surface area (Å²) in [6.45, 7) is 4.69. The highest BCUT2D eigenvalue weighted by molar-refractivity contribution is 9.10. The fraction of sp³-hybridized carbons (Fsp3) is 0.267. The molecule has 110 valence electrons. The predicted molar refractivity (Wildman–Crippen MR) is 84.7 cm³/mol. The van der Waals surface area contributed by atoms with Crippen molar-refractivity contribution in [1.82, 2.24) is 20.6 Å². The van der Waals surface area contributed by atoms with E-state index in [2.05, 4.69) is 36.5 Å². The molecule has 0 unspecified atom stereocenters. The first-order chi connectivity index (χ1) is 10.1. The first-order valence-corrected chi connectivity index (χ1v) is 7.40. The number of aryl methyl sites for hydroxylation is 2. The summed E-state index contributed by atoms with van der Waals surface area (Å²) in [4.78, 5) is 20.0. The van der Waals surface area contributed by atoms with Crippen molar-refractivity contribution in [2.24, 2.45) is 0 Å². The van der Waals surface area contributed by atoms with Crippen LogP contribution in [0.2, 0.25) is 0 Å². The molecule has 0 bridgehead atoms. The summed E-state index contributed by atoms with van der Waals surface area (Å²) in [5, 5.41) is 5.60. The summed E-state index contributed by atoms with van der Waals surface area (Å²) in [6, 6.07) is 7.53. The molecule has 0 aliphatic rings. The molecule has 1 aromatic carbocycles. The lowest BCUT2D eigenvalue weighted by Crippen LogP contribution is -2.34. The number of carbonyl (C=O) groups is 1. The standard InChI is InChI=1S/C15H17BrN4O/c1-10-4-3-5-12(14(10)16)8-18-15(21)19-9-13-6-7-17-11(2)20-13/h3-7H,8-9H2,1-2H3,(H2,18,19,21). The second kappa shape index (κ2) is 7.17. The number of rotatable bonds is 4. The molecule has 2 N–H and O–H groups in total. The van der Waals surface area contributed by atoms with Gasteiger partial charge in [0, 0.05) is 17.2 Å². The molecule has 2 rings (SSSR count). The van der Waals surface area contributed by atoms with E-state index < -0.39 is 0 Å². The maximum absolute atomic E-state index is 11.8. The highest BCUT2D eigenvalue weighted by Gasteiger charge is 2.05. The minimum absolute atomic E-state index is 0.223. The van der Waals surface area contributed by atoms with Crippen molar-refractivity contribution in [3.05, 3.63) is 57.6 Å². The van der Waals surface area contributed by atoms with Crippen molar-refractivity contribution in [2.45, 2.75) is 26.9 Å². The topological polar surface area (TPSA) is 66.9 Å². The Balaban J connectivity index is 1.84. The molecular weight excluding hydrogens is 332 g/mol. The van der Waals surface area contributed by atoms with Gasteiger partial charge in [-0.25, -0.2) is 14.8 Å². The van der Waals surface area contributed by atoms with Gasteiger partial charge in [-0.3, -0.25) is 0 Å². The van der Waals surface area contributed by atoms with Gasteiger partial charge in [0.15, 0.2) is 0 Å². The zero-order chi connectivity index (χ0) is 15.2. The summed E-state index contributed by atoms with van der Waals surface area (Å²) in [7, 11) is 0. The smallest absolute Gasteiger partial charge is 0.315 e. The van der Waals surface area contributed by atoms with Crippen LogP contribution in [0.5, 0.6) is 0 Å². The van der Waals surface area contributed by atoms with Crippen LogP contribution < -0.4 is 10.6 Å². The average Bonchev–Trinajstić information content (AvgIpc) is 2.47. The summed E-state index contributed by atoms with van der Waals surface area (Å²) in [5.41, 5.74) is 2.98. The van der Waals surface area contributed by atoms with Crippen molar-refractivity contribution in [3.8, 4) is 0 Å². The van der Waals surface area contributed by atoms with E-state index in [0.717, 1.165) is 21.3 Å². The van der Waals surface area contributed by atoms with Crippen molar-refractivity contribution < 1.29 is 4.79 Å². The van der Waals surface area contributed by atoms with Gasteiger partial charge in [0.05, 0.1) is 12.2 Å². The Morgan fingerprint density at radius 1 is 1.19 bits per heavy atom. The third kappa shape index (κ3) is 4.53. The van der Waals surface area contributed by atoms with Crippen molar-refractivity contribution in [2.75, 3.05) is 0 Å². The summed E-state index contributed by atoms with van der Waals surface area (Å²) >= 11 is 3.53. The first-order valence-electron chi connectivity index (χ1n) is 6.60. The lowest BCUT2D eigenvalue weighted by atomic mass is 10.1. The van der Waals surface area contributed by atoms with E-state index >= 15 is 0 Å². The van der Waals surface area contributed by atoms with Crippen LogP contribution in [0, 0.1) is 13.8 Å². The lowest BCUT2D eigenvalue weighted by molar-refractivity contribution is 0.240. The van der Waals surface area contributed by atoms with Gasteiger partial charge in [-0.05, 0) is 31.0 Å². The Morgan fingerprint density at radius 2 is 1.95 bits per heavy atom. The minimum Gasteiger partial charge on any atom is -0.334 e. The number of carbonyl (C=O) groups excluding carboxylic acids is 1. The van der Waals surface area contributed by atoms with Crippen molar-refractivity contribution >= 4 is 22.0 Å². The Hall–Kier alpha value is -1.95. The fourth-order valence-electron chi connectivity index (χ4n) is 1.86. The van der Waals surface area contributed by atoms with Gasteiger partial charge >= 0.3 is 6.03 Å². The predicted octanol–water partition coefficient (Wildman–Crippen LogP) is 2.86. The second-order valence-electron chi connectivity index (χ2n) is 4.68. The zero-order valence-electron chi connectivity index (χ0n) is 12.0. The van der Waals surface area contributed by atoms with Crippen LogP contribution in [0.4, 0.5) is 4.79 Å². The molecule has 0 aliphatic heterocycles. The molecule has 2 aromatic rings. The van der Waals surface area contributed by atoms with Crippen molar-refractivity contribution in [3.63, 3.8) is 0 Å². The molecule has 0 spiro atoms. The van der Waals surface area contributed by atoms with Gasteiger partial charge < -0.3 is 10.6 Å². The third-order valence-electron chi connectivity index (χ3n) is 2.97. The van der Waals surface area contributed by atoms with Crippen LogP contribution >= 0.6 is 15.9 Å². The zero-order valence-corrected chi connectivity index (χ0v) is 13.6. The molecule has 0 saturated heterocycles. The van der Waals surface area contributed by atoms with E-state index in [1.165, 1.54) is 0 Å². The molecular formula is C15H17BrN4O. The van der Waals surface area contributed by atoms with Crippen LogP contribution in [0.3, 0.4) is 0 Å². The molecule has 2 amide bonds. The van der Waals surface area contributed by atoms with Crippen LogP contribution in [0.1, 0.15) is 22.6 Å². The molecule has 0 fully saturated rings. The molecule has 0 radical (unpaired) electrons. The normalized spacial score (nSPS) is 10.2. The third-order valence-corrected chi connectivity index (χ3v) is 4.11. The summed E-state index contributed by atoms with van der Waals surface area (Å²) < 4.78 is 1.02. The Morgan fingerprint density at radius 3 is 2.71 bits per heavy atom. The van der Waals surface area contributed by atoms with Gasteiger partial charge in [0.25, 0.3) is 0 Å². The maximum Gasteiger partial charge on any atom is 0.315 e. The summed E-state index contributed by atoms with van der Waals surface area (Å²) in [5.74, 6) is 0.693. The number of nitrogens with one attached hydrogen (secondary N) is 2. The van der Waals surface area contributed by atoms with E-state index in [9.17, 15) is 4.79 Å². The number of benzene rings is 1. The number of nitrogens with zero attached hydrogens (tertiary/aromatic N) is 2. The number of aromatic nitrogens is 2. The molecule has 0 saturated carbocycles. The van der Waals surface area contributed by atoms with Gasteiger partial charge in [-0.15, -0.1) is 0 Å². The van der Waals surface area contributed by atoms with E-state index in [1.807, 2.05) is 32.0 Å². The van der Waals surface area contributed by atoms with Crippen LogP contribution in [0.15, 0.2) is 34.9 Å². The Labute approximate surface area is 132 Å². The molecule has 5 nitrogen and oxygen atoms in total. The molecule has 0 aliphatic carbocycles. The van der Waals surface area contributed by atoms with E-state index in [1.54, 1.807) is 12.3 Å². The monoisotopic (exact) mass is 348 g/mol. The Bertz CT molecular complexity index is 645. The number of amides is 2. The molecule has 1 heterocycles. The van der Waals surface area contributed by atoms with E-state index in [4.69, 9.17) is 0 Å². The molecule has 21 heavy (non-hydrogen) atoms. The van der Waals surface area contributed by atoms with Gasteiger partial charge in [0.1, 0.15) is 5.82 Å². The minimum atomic E-state index is -0.223. The van der Waals surface area contributed by atoms with Crippen LogP contribution in [-0.4, -0.2) is 16.0 Å². The quantitative estimate of drug-likeness (QED) is 0.892. The number of halogens is 1. The maximum atomic E-state index is 11.8. The first kappa shape index (κ1) is 15.4. The van der Waals surface area contributed by atoms with Crippen LogP contribution in [-0.2, 0) is 13.1 Å². The SMILES string of the molecule is Cc1nccc(CNC(=O)NCc2cccc(C)c2Br)n1. The second-order valence-corrected chi connectivity index (χ2v) is 5.47. The van der Waals surface area contributed by atoms with Gasteiger partial charge in [-0.2, -0.15) is 0 Å². The number of hydrogen-bond donors (Lipinski definition) is 2. The highest BCUT2D eigenvalue weighted by Crippen LogP contribution is 2.20. The average molecular weight is 349 g/mol. The Kier molecular flexibility index (Phi) is 5.27. The van der Waals surface area contributed by atoms with E-state index in [0.29, 0.717) is 18.9 Å².